The first-order chi connectivity index (χ1) is 9.26. The van der Waals surface area contributed by atoms with Gasteiger partial charge in [0, 0.05) is 23.8 Å². The number of pyridine rings is 1. The lowest BCUT2D eigenvalue weighted by atomic mass is 10.1. The van der Waals surface area contributed by atoms with E-state index in [1.807, 2.05) is 49.1 Å². The number of ether oxygens (including phenoxy) is 1. The highest BCUT2D eigenvalue weighted by atomic mass is 16.5. The number of fused-ring (bicyclic) bond motifs is 1. The van der Waals surface area contributed by atoms with Crippen LogP contribution in [-0.4, -0.2) is 30.6 Å². The standard InChI is InChI=1S/C15H18N2O2/c1-3-17(11-15(18)19-4-2)14-9-10-16-13-8-6-5-7-12(13)14/h5-10H,3-4,11H2,1-2H3. The Balaban J connectivity index is 2.32. The van der Waals surface area contributed by atoms with Crippen LogP contribution in [-0.2, 0) is 9.53 Å². The molecule has 0 aliphatic heterocycles. The number of nitrogens with zero attached hydrogens (tertiary/aromatic N) is 2. The van der Waals surface area contributed by atoms with Crippen LogP contribution in [0.1, 0.15) is 13.8 Å². The van der Waals surface area contributed by atoms with Crippen molar-refractivity contribution in [3.63, 3.8) is 0 Å². The SMILES string of the molecule is CCOC(=O)CN(CC)c1ccnc2ccccc12. The molecular formula is C15H18N2O2. The Bertz CT molecular complexity index is 564. The molecule has 0 saturated carbocycles. The van der Waals surface area contributed by atoms with Crippen molar-refractivity contribution in [2.75, 3.05) is 24.6 Å². The lowest BCUT2D eigenvalue weighted by molar-refractivity contribution is -0.141. The largest absolute Gasteiger partial charge is 0.465 e. The van der Waals surface area contributed by atoms with E-state index in [0.717, 1.165) is 23.1 Å². The molecule has 1 aromatic heterocycles. The Morgan fingerprint density at radius 2 is 2.05 bits per heavy atom. The van der Waals surface area contributed by atoms with Crippen molar-refractivity contribution in [3.8, 4) is 0 Å². The van der Waals surface area contributed by atoms with Crippen LogP contribution in [0.4, 0.5) is 5.69 Å². The van der Waals surface area contributed by atoms with E-state index in [-0.39, 0.29) is 12.5 Å². The summed E-state index contributed by atoms with van der Waals surface area (Å²) < 4.78 is 5.01. The van der Waals surface area contributed by atoms with Crippen LogP contribution >= 0.6 is 0 Å². The zero-order chi connectivity index (χ0) is 13.7. The normalized spacial score (nSPS) is 10.4. The molecule has 1 heterocycles. The number of hydrogen-bond donors (Lipinski definition) is 0. The number of likely N-dealkylation sites (N-methyl/N-ethyl adjacent to an activating group) is 1. The van der Waals surface area contributed by atoms with Gasteiger partial charge in [-0.15, -0.1) is 0 Å². The van der Waals surface area contributed by atoms with Gasteiger partial charge in [0.1, 0.15) is 6.54 Å². The van der Waals surface area contributed by atoms with Gasteiger partial charge in [0.15, 0.2) is 0 Å². The maximum atomic E-state index is 11.6. The van der Waals surface area contributed by atoms with Gasteiger partial charge >= 0.3 is 5.97 Å². The summed E-state index contributed by atoms with van der Waals surface area (Å²) in [6.45, 7) is 5.25. The second-order valence-corrected chi connectivity index (χ2v) is 4.17. The van der Waals surface area contributed by atoms with Gasteiger partial charge in [-0.3, -0.25) is 9.78 Å². The first-order valence-electron chi connectivity index (χ1n) is 6.50. The molecule has 0 radical (unpaired) electrons. The molecule has 4 heteroatoms. The number of carbonyl (C=O) groups is 1. The van der Waals surface area contributed by atoms with Crippen LogP contribution in [0.2, 0.25) is 0 Å². The Morgan fingerprint density at radius 1 is 1.26 bits per heavy atom. The van der Waals surface area contributed by atoms with E-state index in [4.69, 9.17) is 4.74 Å². The predicted molar refractivity (Wildman–Crippen MR) is 76.3 cm³/mol. The minimum Gasteiger partial charge on any atom is -0.465 e. The molecule has 0 amide bonds. The smallest absolute Gasteiger partial charge is 0.325 e. The van der Waals surface area contributed by atoms with Gasteiger partial charge in [-0.2, -0.15) is 0 Å². The number of aromatic nitrogens is 1. The van der Waals surface area contributed by atoms with Crippen molar-refractivity contribution in [3.05, 3.63) is 36.5 Å². The number of benzene rings is 1. The first-order valence-corrected chi connectivity index (χ1v) is 6.50. The van der Waals surface area contributed by atoms with E-state index in [1.54, 1.807) is 6.20 Å². The molecule has 100 valence electrons. The third-order valence-electron chi connectivity index (χ3n) is 2.97. The predicted octanol–water partition coefficient (Wildman–Crippen LogP) is 2.62. The number of anilines is 1. The van der Waals surface area contributed by atoms with Crippen molar-refractivity contribution in [2.24, 2.45) is 0 Å². The van der Waals surface area contributed by atoms with Gasteiger partial charge in [0.25, 0.3) is 0 Å². The van der Waals surface area contributed by atoms with Gasteiger partial charge in [0.2, 0.25) is 0 Å². The zero-order valence-corrected chi connectivity index (χ0v) is 11.3. The fourth-order valence-electron chi connectivity index (χ4n) is 2.09. The lowest BCUT2D eigenvalue weighted by Crippen LogP contribution is -2.31. The van der Waals surface area contributed by atoms with Crippen molar-refractivity contribution < 1.29 is 9.53 Å². The number of carbonyl (C=O) groups excluding carboxylic acids is 1. The molecule has 2 rings (SSSR count). The molecule has 2 aromatic rings. The van der Waals surface area contributed by atoms with E-state index < -0.39 is 0 Å². The maximum absolute atomic E-state index is 11.6. The summed E-state index contributed by atoms with van der Waals surface area (Å²) in [6, 6.07) is 9.86. The molecule has 0 spiro atoms. The van der Waals surface area contributed by atoms with E-state index in [2.05, 4.69) is 4.98 Å². The molecule has 0 bridgehead atoms. The van der Waals surface area contributed by atoms with Gasteiger partial charge in [-0.1, -0.05) is 18.2 Å². The van der Waals surface area contributed by atoms with Gasteiger partial charge in [0.05, 0.1) is 12.1 Å². The summed E-state index contributed by atoms with van der Waals surface area (Å²) in [4.78, 5) is 18.0. The summed E-state index contributed by atoms with van der Waals surface area (Å²) in [5.41, 5.74) is 1.95. The third-order valence-corrected chi connectivity index (χ3v) is 2.97. The van der Waals surface area contributed by atoms with Crippen molar-refractivity contribution in [1.29, 1.82) is 0 Å². The molecule has 0 fully saturated rings. The van der Waals surface area contributed by atoms with Gasteiger partial charge in [-0.25, -0.2) is 0 Å². The molecular weight excluding hydrogens is 240 g/mol. The Labute approximate surface area is 113 Å². The van der Waals surface area contributed by atoms with Crippen LogP contribution < -0.4 is 4.90 Å². The molecule has 0 saturated heterocycles. The van der Waals surface area contributed by atoms with Crippen molar-refractivity contribution in [2.45, 2.75) is 13.8 Å². The summed E-state index contributed by atoms with van der Waals surface area (Å²) in [5.74, 6) is -0.203. The quantitative estimate of drug-likeness (QED) is 0.773. The van der Waals surface area contributed by atoms with E-state index >= 15 is 0 Å². The molecule has 0 N–H and O–H groups in total. The van der Waals surface area contributed by atoms with Crippen molar-refractivity contribution >= 4 is 22.6 Å². The van der Waals surface area contributed by atoms with Crippen LogP contribution in [0.5, 0.6) is 0 Å². The number of hydrogen-bond acceptors (Lipinski definition) is 4. The minimum absolute atomic E-state index is 0.203. The Morgan fingerprint density at radius 3 is 2.79 bits per heavy atom. The summed E-state index contributed by atoms with van der Waals surface area (Å²) >= 11 is 0. The van der Waals surface area contributed by atoms with Crippen molar-refractivity contribution in [1.82, 2.24) is 4.98 Å². The second kappa shape index (κ2) is 6.18. The molecule has 0 atom stereocenters. The fraction of sp³-hybridized carbons (Fsp3) is 0.333. The summed E-state index contributed by atoms with van der Waals surface area (Å²) in [5, 5.41) is 1.05. The summed E-state index contributed by atoms with van der Waals surface area (Å²) in [7, 11) is 0. The lowest BCUT2D eigenvalue weighted by Gasteiger charge is -2.23. The Kier molecular flexibility index (Phi) is 4.34. The monoisotopic (exact) mass is 258 g/mol. The highest BCUT2D eigenvalue weighted by Gasteiger charge is 2.13. The molecule has 19 heavy (non-hydrogen) atoms. The van der Waals surface area contributed by atoms with Crippen LogP contribution in [0, 0.1) is 0 Å². The molecule has 0 aliphatic rings. The molecule has 0 aliphatic carbocycles. The highest BCUT2D eigenvalue weighted by molar-refractivity contribution is 5.92. The van der Waals surface area contributed by atoms with E-state index in [9.17, 15) is 4.79 Å². The van der Waals surface area contributed by atoms with Gasteiger partial charge < -0.3 is 9.64 Å². The number of rotatable bonds is 5. The number of para-hydroxylation sites is 1. The minimum atomic E-state index is -0.203. The molecule has 0 unspecified atom stereocenters. The average Bonchev–Trinajstić information content (AvgIpc) is 2.44. The fourth-order valence-corrected chi connectivity index (χ4v) is 2.09. The second-order valence-electron chi connectivity index (χ2n) is 4.17. The van der Waals surface area contributed by atoms with Crippen LogP contribution in [0.15, 0.2) is 36.5 Å². The maximum Gasteiger partial charge on any atom is 0.325 e. The average molecular weight is 258 g/mol. The number of esters is 1. The topological polar surface area (TPSA) is 42.4 Å². The Hall–Kier alpha value is -2.10. The molecule has 1 aromatic carbocycles. The van der Waals surface area contributed by atoms with E-state index in [0.29, 0.717) is 6.61 Å². The van der Waals surface area contributed by atoms with Gasteiger partial charge in [-0.05, 0) is 26.0 Å². The van der Waals surface area contributed by atoms with E-state index in [1.165, 1.54) is 0 Å². The molecule has 4 nitrogen and oxygen atoms in total. The zero-order valence-electron chi connectivity index (χ0n) is 11.3. The highest BCUT2D eigenvalue weighted by Crippen LogP contribution is 2.24. The first kappa shape index (κ1) is 13.3. The summed E-state index contributed by atoms with van der Waals surface area (Å²) in [6.07, 6.45) is 1.77. The van der Waals surface area contributed by atoms with Crippen LogP contribution in [0.25, 0.3) is 10.9 Å². The van der Waals surface area contributed by atoms with Crippen LogP contribution in [0.3, 0.4) is 0 Å². The third kappa shape index (κ3) is 3.02.